The summed E-state index contributed by atoms with van der Waals surface area (Å²) in [5.41, 5.74) is 2.04. The Morgan fingerprint density at radius 2 is 2.00 bits per heavy atom. The molecule has 1 aromatic heterocycles. The molecule has 3 rings (SSSR count). The van der Waals surface area contributed by atoms with Gasteiger partial charge < -0.3 is 19.2 Å². The zero-order valence-corrected chi connectivity index (χ0v) is 13.9. The van der Waals surface area contributed by atoms with Crippen molar-refractivity contribution >= 4 is 22.6 Å². The lowest BCUT2D eigenvalue weighted by molar-refractivity contribution is 0.0997. The number of carbonyl (C=O) groups is 1. The molecule has 0 aliphatic heterocycles. The zero-order valence-electron chi connectivity index (χ0n) is 13.9. The molecule has 1 amide bonds. The van der Waals surface area contributed by atoms with Crippen LogP contribution in [0.5, 0.6) is 11.5 Å². The fourth-order valence-corrected chi connectivity index (χ4v) is 2.57. The molecule has 0 bridgehead atoms. The number of ether oxygens (including phenoxy) is 2. The van der Waals surface area contributed by atoms with Gasteiger partial charge in [-0.25, -0.2) is 0 Å². The molecule has 1 heterocycles. The minimum Gasteiger partial charge on any atom is -0.497 e. The van der Waals surface area contributed by atoms with E-state index in [0.717, 1.165) is 16.7 Å². The molecular weight excluding hydrogens is 306 g/mol. The normalized spacial score (nSPS) is 10.6. The van der Waals surface area contributed by atoms with Gasteiger partial charge in [0.05, 0.1) is 19.4 Å². The molecule has 5 nitrogen and oxygen atoms in total. The van der Waals surface area contributed by atoms with Crippen molar-refractivity contribution in [3.8, 4) is 11.5 Å². The lowest BCUT2D eigenvalue weighted by Crippen LogP contribution is -2.13. The second-order valence-electron chi connectivity index (χ2n) is 5.30. The predicted octanol–water partition coefficient (Wildman–Crippen LogP) is 4.40. The maximum atomic E-state index is 12.6. The average molecular weight is 325 g/mol. The number of methoxy groups -OCH3 is 1. The van der Waals surface area contributed by atoms with Crippen molar-refractivity contribution in [2.24, 2.45) is 0 Å². The van der Waals surface area contributed by atoms with Crippen LogP contribution in [0.15, 0.2) is 46.9 Å². The number of rotatable bonds is 5. The summed E-state index contributed by atoms with van der Waals surface area (Å²) in [6, 6.07) is 12.8. The predicted molar refractivity (Wildman–Crippen MR) is 93.1 cm³/mol. The van der Waals surface area contributed by atoms with E-state index in [2.05, 4.69) is 5.32 Å². The number of anilines is 1. The summed E-state index contributed by atoms with van der Waals surface area (Å²) in [7, 11) is 1.61. The first-order valence-corrected chi connectivity index (χ1v) is 7.74. The summed E-state index contributed by atoms with van der Waals surface area (Å²) in [5.74, 6) is 1.32. The van der Waals surface area contributed by atoms with Crippen molar-refractivity contribution in [1.29, 1.82) is 0 Å². The van der Waals surface area contributed by atoms with Crippen molar-refractivity contribution in [3.63, 3.8) is 0 Å². The number of amides is 1. The third-order valence-electron chi connectivity index (χ3n) is 3.78. The van der Waals surface area contributed by atoms with Crippen LogP contribution in [0.4, 0.5) is 5.69 Å². The molecule has 24 heavy (non-hydrogen) atoms. The van der Waals surface area contributed by atoms with Gasteiger partial charge in [-0.1, -0.05) is 12.1 Å². The number of nitrogens with one attached hydrogen (secondary N) is 1. The van der Waals surface area contributed by atoms with Gasteiger partial charge in [0.1, 0.15) is 17.1 Å². The standard InChI is InChI=1S/C19H19NO4/c1-4-23-17-8-6-5-7-15(17)20-19(21)18-12(2)14-11-13(22-3)9-10-16(14)24-18/h5-11H,4H2,1-3H3,(H,20,21). The van der Waals surface area contributed by atoms with E-state index in [1.54, 1.807) is 25.3 Å². The number of hydrogen-bond donors (Lipinski definition) is 1. The van der Waals surface area contributed by atoms with Crippen molar-refractivity contribution in [1.82, 2.24) is 0 Å². The van der Waals surface area contributed by atoms with E-state index in [9.17, 15) is 4.79 Å². The zero-order chi connectivity index (χ0) is 17.1. The minimum atomic E-state index is -0.310. The van der Waals surface area contributed by atoms with Crippen LogP contribution in [0.1, 0.15) is 23.0 Å². The molecule has 0 spiro atoms. The molecule has 0 radical (unpaired) electrons. The van der Waals surface area contributed by atoms with Crippen LogP contribution < -0.4 is 14.8 Å². The smallest absolute Gasteiger partial charge is 0.291 e. The van der Waals surface area contributed by atoms with Crippen LogP contribution in [-0.2, 0) is 0 Å². The Balaban J connectivity index is 1.93. The number of fused-ring (bicyclic) bond motifs is 1. The van der Waals surface area contributed by atoms with Crippen molar-refractivity contribution < 1.29 is 18.7 Å². The van der Waals surface area contributed by atoms with Gasteiger partial charge in [0.2, 0.25) is 0 Å². The van der Waals surface area contributed by atoms with Gasteiger partial charge in [0.25, 0.3) is 5.91 Å². The molecular formula is C19H19NO4. The second-order valence-corrected chi connectivity index (χ2v) is 5.30. The quantitative estimate of drug-likeness (QED) is 0.755. The first-order chi connectivity index (χ1) is 11.6. The highest BCUT2D eigenvalue weighted by Crippen LogP contribution is 2.30. The number of hydrogen-bond acceptors (Lipinski definition) is 4. The van der Waals surface area contributed by atoms with E-state index >= 15 is 0 Å². The number of furan rings is 1. The molecule has 124 valence electrons. The molecule has 0 fully saturated rings. The van der Waals surface area contributed by atoms with Gasteiger partial charge in [0, 0.05) is 10.9 Å². The van der Waals surface area contributed by atoms with Crippen molar-refractivity contribution in [3.05, 3.63) is 53.8 Å². The summed E-state index contributed by atoms with van der Waals surface area (Å²) in [5, 5.41) is 3.71. The van der Waals surface area contributed by atoms with E-state index in [4.69, 9.17) is 13.9 Å². The van der Waals surface area contributed by atoms with E-state index in [-0.39, 0.29) is 11.7 Å². The first kappa shape index (κ1) is 15.9. The number of para-hydroxylation sites is 2. The molecule has 0 unspecified atom stereocenters. The fourth-order valence-electron chi connectivity index (χ4n) is 2.57. The van der Waals surface area contributed by atoms with Gasteiger partial charge in [0.15, 0.2) is 5.76 Å². The van der Waals surface area contributed by atoms with Crippen molar-refractivity contribution in [2.45, 2.75) is 13.8 Å². The third-order valence-corrected chi connectivity index (χ3v) is 3.78. The Morgan fingerprint density at radius 1 is 1.21 bits per heavy atom. The lowest BCUT2D eigenvalue weighted by Gasteiger charge is -2.10. The molecule has 0 atom stereocenters. The molecule has 1 N–H and O–H groups in total. The van der Waals surface area contributed by atoms with Gasteiger partial charge in [-0.15, -0.1) is 0 Å². The molecule has 2 aromatic carbocycles. The summed E-state index contributed by atoms with van der Waals surface area (Å²) >= 11 is 0. The van der Waals surface area contributed by atoms with Gasteiger partial charge in [-0.3, -0.25) is 4.79 Å². The molecule has 0 saturated heterocycles. The van der Waals surface area contributed by atoms with Gasteiger partial charge >= 0.3 is 0 Å². The van der Waals surface area contributed by atoms with Crippen LogP contribution >= 0.6 is 0 Å². The first-order valence-electron chi connectivity index (χ1n) is 7.74. The average Bonchev–Trinajstić information content (AvgIpc) is 2.93. The minimum absolute atomic E-state index is 0.282. The SMILES string of the molecule is CCOc1ccccc1NC(=O)c1oc2ccc(OC)cc2c1C. The highest BCUT2D eigenvalue weighted by Gasteiger charge is 2.19. The van der Waals surface area contributed by atoms with Crippen LogP contribution in [0.25, 0.3) is 11.0 Å². The van der Waals surface area contributed by atoms with Crippen LogP contribution in [0, 0.1) is 6.92 Å². The van der Waals surface area contributed by atoms with E-state index in [1.807, 2.05) is 38.1 Å². The number of aryl methyl sites for hydroxylation is 1. The highest BCUT2D eigenvalue weighted by atomic mass is 16.5. The monoisotopic (exact) mass is 325 g/mol. The Bertz CT molecular complexity index is 882. The van der Waals surface area contributed by atoms with Crippen LogP contribution in [0.2, 0.25) is 0 Å². The lowest BCUT2D eigenvalue weighted by atomic mass is 10.1. The maximum Gasteiger partial charge on any atom is 0.291 e. The van der Waals surface area contributed by atoms with Crippen LogP contribution in [-0.4, -0.2) is 19.6 Å². The molecule has 5 heteroatoms. The molecule has 3 aromatic rings. The van der Waals surface area contributed by atoms with Crippen LogP contribution in [0.3, 0.4) is 0 Å². The maximum absolute atomic E-state index is 12.6. The Hall–Kier alpha value is -2.95. The van der Waals surface area contributed by atoms with Crippen molar-refractivity contribution in [2.75, 3.05) is 19.0 Å². The topological polar surface area (TPSA) is 60.7 Å². The highest BCUT2D eigenvalue weighted by molar-refractivity contribution is 6.07. The summed E-state index contributed by atoms with van der Waals surface area (Å²) in [6.45, 7) is 4.28. The van der Waals surface area contributed by atoms with Gasteiger partial charge in [-0.05, 0) is 44.2 Å². The molecule has 0 aliphatic rings. The number of carbonyl (C=O) groups excluding carboxylic acids is 1. The molecule has 0 aliphatic carbocycles. The summed E-state index contributed by atoms with van der Waals surface area (Å²) in [6.07, 6.45) is 0. The molecule has 0 saturated carbocycles. The fraction of sp³-hybridized carbons (Fsp3) is 0.211. The van der Waals surface area contributed by atoms with E-state index in [1.165, 1.54) is 0 Å². The summed E-state index contributed by atoms with van der Waals surface area (Å²) in [4.78, 5) is 12.6. The second kappa shape index (κ2) is 6.66. The van der Waals surface area contributed by atoms with Gasteiger partial charge in [-0.2, -0.15) is 0 Å². The Morgan fingerprint density at radius 3 is 2.75 bits per heavy atom. The third kappa shape index (κ3) is 2.93. The summed E-state index contributed by atoms with van der Waals surface area (Å²) < 4.78 is 16.5. The number of benzene rings is 2. The Kier molecular flexibility index (Phi) is 4.42. The largest absolute Gasteiger partial charge is 0.497 e. The Labute approximate surface area is 140 Å². The van der Waals surface area contributed by atoms with E-state index < -0.39 is 0 Å². The van der Waals surface area contributed by atoms with E-state index in [0.29, 0.717) is 23.6 Å².